The van der Waals surface area contributed by atoms with Gasteiger partial charge in [0, 0.05) is 0 Å². The third-order valence-corrected chi connectivity index (χ3v) is 47.4. The molecule has 2 aliphatic carbocycles. The van der Waals surface area contributed by atoms with E-state index < -0.39 is 52.6 Å². The van der Waals surface area contributed by atoms with Crippen molar-refractivity contribution in [3.05, 3.63) is 70.8 Å². The second-order valence-corrected chi connectivity index (χ2v) is 55.2. The van der Waals surface area contributed by atoms with Crippen LogP contribution in [-0.2, 0) is 28.2 Å². The van der Waals surface area contributed by atoms with Crippen LogP contribution >= 0.6 is 17.0 Å². The second kappa shape index (κ2) is 23.1. The SMILES string of the molecule is CC(C)[Si](OC1=CC(C[CH](C2C=C(O[Si](C(C)C)(C(C)C)C(C)C)c3cccc(O[Si](C(C)C)(C(C)C)C(C)C)c32)[Zr]([Cl])[Cl])c2c(O[Si](C(C)C)(C(C)C)C(C)C)cccc21)(C(C)C)C(C)C. The number of fused-ring (bicyclic) bond motifs is 2. The van der Waals surface area contributed by atoms with Crippen LogP contribution in [0.1, 0.15) is 207 Å². The van der Waals surface area contributed by atoms with Crippen LogP contribution in [0.3, 0.4) is 0 Å². The van der Waals surface area contributed by atoms with Gasteiger partial charge in [-0.1, -0.05) is 0 Å². The van der Waals surface area contributed by atoms with Crippen molar-refractivity contribution in [2.75, 3.05) is 0 Å². The third-order valence-electron chi connectivity index (χ3n) is 17.2. The van der Waals surface area contributed by atoms with E-state index in [9.17, 15) is 0 Å². The van der Waals surface area contributed by atoms with Gasteiger partial charge < -0.3 is 0 Å². The Morgan fingerprint density at radius 2 is 0.687 bits per heavy atom. The van der Waals surface area contributed by atoms with Crippen LogP contribution in [0, 0.1) is 0 Å². The summed E-state index contributed by atoms with van der Waals surface area (Å²) in [4.78, 5) is 0. The summed E-state index contributed by atoms with van der Waals surface area (Å²) in [6, 6.07) is 13.5. The van der Waals surface area contributed by atoms with E-state index >= 15 is 0 Å². The molecular weight excluding hydrogens is 1010 g/mol. The molecule has 11 heteroatoms. The van der Waals surface area contributed by atoms with Crippen molar-refractivity contribution in [2.45, 2.75) is 255 Å². The normalized spacial score (nSPS) is 17.7. The standard InChI is InChI=1S/C56H97O4Si4.2ClH.Zr/c1-35(2)61(36(3)4,37(5)6)57-51-29-25-27-49-53(59-63(41(13)14,42(15)16)43(17)18)33-47(55(49)51)31-32-48-34-54(60-64(44(19)20,45(21)22)46(23)24)50-28-26-30-52(56(48)50)58-62(38(7)8,39(9)10)40(11)12;;;/h25-31,33-48H,32H2,1-24H3;2*1H;/q;;;+2/p-2. The van der Waals surface area contributed by atoms with Crippen LogP contribution in [0.5, 0.6) is 11.5 Å². The molecule has 4 rings (SSSR count). The van der Waals surface area contributed by atoms with Gasteiger partial charge in [-0.25, -0.2) is 0 Å². The van der Waals surface area contributed by atoms with E-state index in [0.717, 1.165) is 29.4 Å². The summed E-state index contributed by atoms with van der Waals surface area (Å²) in [6.07, 6.45) is 5.74. The molecular formula is C56H97Cl2O4Si4Zr. The average molecular weight is 1110 g/mol. The van der Waals surface area contributed by atoms with Crippen LogP contribution in [0.15, 0.2) is 48.6 Å². The fourth-order valence-corrected chi connectivity index (χ4v) is 40.7. The van der Waals surface area contributed by atoms with Crippen LogP contribution in [-0.4, -0.2) is 33.3 Å². The average Bonchev–Trinajstić information content (AvgIpc) is 3.75. The molecule has 0 spiro atoms. The summed E-state index contributed by atoms with van der Waals surface area (Å²) in [5.41, 5.74) is 10.00. The van der Waals surface area contributed by atoms with Crippen molar-refractivity contribution in [1.29, 1.82) is 0 Å². The predicted octanol–water partition coefficient (Wildman–Crippen LogP) is 20.9. The molecule has 2 aromatic carbocycles. The summed E-state index contributed by atoms with van der Waals surface area (Å²) < 4.78 is 31.0. The molecule has 0 amide bonds. The zero-order valence-electron chi connectivity index (χ0n) is 46.9. The van der Waals surface area contributed by atoms with Gasteiger partial charge in [-0.05, 0) is 0 Å². The van der Waals surface area contributed by atoms with Crippen molar-refractivity contribution in [3.8, 4) is 11.5 Å². The third kappa shape index (κ3) is 10.9. The van der Waals surface area contributed by atoms with Crippen LogP contribution in [0.2, 0.25) is 70.1 Å². The Hall–Kier alpha value is -0.549. The maximum atomic E-state index is 7.77. The second-order valence-electron chi connectivity index (χ2n) is 24.4. The Labute approximate surface area is 432 Å². The molecule has 0 heterocycles. The van der Waals surface area contributed by atoms with Crippen LogP contribution in [0.4, 0.5) is 0 Å². The number of halogens is 2. The predicted molar refractivity (Wildman–Crippen MR) is 302 cm³/mol. The molecule has 0 aliphatic heterocycles. The van der Waals surface area contributed by atoms with Gasteiger partial charge in [0.05, 0.1) is 0 Å². The van der Waals surface area contributed by atoms with Gasteiger partial charge >= 0.3 is 436 Å². The van der Waals surface area contributed by atoms with Gasteiger partial charge in [-0.2, -0.15) is 0 Å². The topological polar surface area (TPSA) is 36.9 Å². The number of allylic oxidation sites excluding steroid dienone is 2. The molecule has 4 nitrogen and oxygen atoms in total. The Morgan fingerprint density at radius 3 is 1.00 bits per heavy atom. The number of hydrogen-bond acceptors (Lipinski definition) is 4. The van der Waals surface area contributed by atoms with Crippen molar-refractivity contribution < 1.29 is 37.1 Å². The van der Waals surface area contributed by atoms with E-state index in [1.165, 1.54) is 22.3 Å². The van der Waals surface area contributed by atoms with Crippen LogP contribution < -0.4 is 8.85 Å². The molecule has 0 bridgehead atoms. The fourth-order valence-electron chi connectivity index (χ4n) is 14.6. The van der Waals surface area contributed by atoms with Gasteiger partial charge in [0.2, 0.25) is 0 Å². The van der Waals surface area contributed by atoms with Gasteiger partial charge in [0.1, 0.15) is 0 Å². The zero-order valence-corrected chi connectivity index (χ0v) is 54.8. The summed E-state index contributed by atoms with van der Waals surface area (Å²) in [6.45, 7) is 57.2. The Morgan fingerprint density at radius 1 is 0.403 bits per heavy atom. The molecule has 0 aromatic heterocycles. The number of rotatable bonds is 24. The van der Waals surface area contributed by atoms with Crippen molar-refractivity contribution >= 4 is 61.8 Å². The van der Waals surface area contributed by atoms with E-state index in [0.29, 0.717) is 66.5 Å². The summed E-state index contributed by atoms with van der Waals surface area (Å²) in [5, 5.41) is 0. The molecule has 3 atom stereocenters. The van der Waals surface area contributed by atoms with E-state index in [2.05, 4.69) is 215 Å². The summed E-state index contributed by atoms with van der Waals surface area (Å²) >= 11 is -3.18. The molecule has 2 aromatic rings. The fraction of sp³-hybridized carbons (Fsp3) is 0.714. The molecule has 2 aliphatic rings. The van der Waals surface area contributed by atoms with Crippen molar-refractivity contribution in [1.82, 2.24) is 0 Å². The molecule has 0 N–H and O–H groups in total. The Kier molecular flexibility index (Phi) is 20.4. The van der Waals surface area contributed by atoms with Crippen molar-refractivity contribution in [3.63, 3.8) is 0 Å². The summed E-state index contributed by atoms with van der Waals surface area (Å²) in [7, 11) is 6.00. The van der Waals surface area contributed by atoms with Gasteiger partial charge in [0.25, 0.3) is 0 Å². The molecule has 0 saturated carbocycles. The van der Waals surface area contributed by atoms with E-state index in [-0.39, 0.29) is 15.5 Å². The first-order valence-electron chi connectivity index (χ1n) is 26.6. The molecule has 379 valence electrons. The maximum absolute atomic E-state index is 7.77. The van der Waals surface area contributed by atoms with Crippen LogP contribution in [0.25, 0.3) is 11.5 Å². The van der Waals surface area contributed by atoms with E-state index in [1.807, 2.05) is 0 Å². The minimum atomic E-state index is -3.18. The first kappa shape index (κ1) is 59.0. The molecule has 67 heavy (non-hydrogen) atoms. The van der Waals surface area contributed by atoms with Crippen molar-refractivity contribution in [2.24, 2.45) is 0 Å². The number of hydrogen-bond donors (Lipinski definition) is 0. The Balaban J connectivity index is 2.09. The zero-order chi connectivity index (χ0) is 51.0. The first-order valence-corrected chi connectivity index (χ1v) is 42.9. The minimum absolute atomic E-state index is 0.0106. The van der Waals surface area contributed by atoms with E-state index in [4.69, 9.17) is 34.7 Å². The van der Waals surface area contributed by atoms with Gasteiger partial charge in [0.15, 0.2) is 0 Å². The summed E-state index contributed by atoms with van der Waals surface area (Å²) in [5.74, 6) is 4.04. The quantitative estimate of drug-likeness (QED) is 0.0982. The van der Waals surface area contributed by atoms with E-state index in [1.54, 1.807) is 0 Å². The number of benzene rings is 2. The Bertz CT molecular complexity index is 1930. The monoisotopic (exact) mass is 1110 g/mol. The van der Waals surface area contributed by atoms with Gasteiger partial charge in [-0.3, -0.25) is 0 Å². The molecule has 0 radical (unpaired) electrons. The molecule has 0 saturated heterocycles. The molecule has 0 fully saturated rings. The van der Waals surface area contributed by atoms with Gasteiger partial charge in [-0.15, -0.1) is 0 Å². The first-order chi connectivity index (χ1) is 30.9. The molecule has 3 unspecified atom stereocenters.